The first-order chi connectivity index (χ1) is 15.2. The van der Waals surface area contributed by atoms with E-state index in [2.05, 4.69) is 25.1 Å². The molecule has 31 heavy (non-hydrogen) atoms. The Kier molecular flexibility index (Phi) is 13.1. The molecule has 0 amide bonds. The van der Waals surface area contributed by atoms with Crippen molar-refractivity contribution in [1.82, 2.24) is 0 Å². The Morgan fingerprint density at radius 3 is 2.13 bits per heavy atom. The Morgan fingerprint density at radius 1 is 0.871 bits per heavy atom. The van der Waals surface area contributed by atoms with Crippen LogP contribution in [-0.2, 0) is 4.79 Å². The van der Waals surface area contributed by atoms with Crippen molar-refractivity contribution < 1.29 is 14.6 Å². The number of unbranched alkanes of at least 4 members (excludes halogenated alkanes) is 9. The molecule has 1 atom stereocenters. The van der Waals surface area contributed by atoms with Gasteiger partial charge < -0.3 is 9.84 Å². The predicted octanol–water partition coefficient (Wildman–Crippen LogP) is 8.57. The number of carbonyl (C=O) groups is 1. The monoisotopic (exact) mass is 428 g/mol. The zero-order valence-electron chi connectivity index (χ0n) is 19.7. The molecule has 1 N–H and O–H groups in total. The van der Waals surface area contributed by atoms with Crippen molar-refractivity contribution in [1.29, 1.82) is 0 Å². The summed E-state index contributed by atoms with van der Waals surface area (Å²) < 4.78 is 5.83. The SMILES string of the molecule is CCCCCCCCCCCCC(Oc1ccc(/C2=C/CCCCCC2)cc1)C(=O)O. The van der Waals surface area contributed by atoms with E-state index < -0.39 is 12.1 Å². The highest BCUT2D eigenvalue weighted by molar-refractivity contribution is 5.72. The Balaban J connectivity index is 1.69. The van der Waals surface area contributed by atoms with Crippen LogP contribution in [0.3, 0.4) is 0 Å². The second kappa shape index (κ2) is 15.9. The molecule has 0 fully saturated rings. The van der Waals surface area contributed by atoms with Gasteiger partial charge in [-0.25, -0.2) is 4.79 Å². The lowest BCUT2D eigenvalue weighted by Crippen LogP contribution is -2.26. The smallest absolute Gasteiger partial charge is 0.344 e. The van der Waals surface area contributed by atoms with E-state index in [9.17, 15) is 9.90 Å². The minimum atomic E-state index is -0.859. The van der Waals surface area contributed by atoms with Gasteiger partial charge in [0.25, 0.3) is 0 Å². The summed E-state index contributed by atoms with van der Waals surface area (Å²) in [5.74, 6) is -0.197. The molecule has 1 aromatic rings. The maximum atomic E-state index is 11.6. The lowest BCUT2D eigenvalue weighted by atomic mass is 9.95. The quantitative estimate of drug-likeness (QED) is 0.285. The van der Waals surface area contributed by atoms with E-state index in [1.54, 1.807) is 0 Å². The van der Waals surface area contributed by atoms with Gasteiger partial charge in [0.1, 0.15) is 5.75 Å². The van der Waals surface area contributed by atoms with Crippen LogP contribution in [0.2, 0.25) is 0 Å². The first kappa shape index (κ1) is 25.5. The number of ether oxygens (including phenoxy) is 1. The number of allylic oxidation sites excluding steroid dienone is 2. The highest BCUT2D eigenvalue weighted by atomic mass is 16.5. The topological polar surface area (TPSA) is 46.5 Å². The molecule has 3 heteroatoms. The molecule has 0 bridgehead atoms. The van der Waals surface area contributed by atoms with Gasteiger partial charge in [-0.15, -0.1) is 0 Å². The third-order valence-corrected chi connectivity index (χ3v) is 6.39. The molecule has 2 rings (SSSR count). The number of rotatable bonds is 15. The molecule has 1 aliphatic rings. The first-order valence-corrected chi connectivity index (χ1v) is 12.9. The summed E-state index contributed by atoms with van der Waals surface area (Å²) in [4.78, 5) is 11.6. The number of benzene rings is 1. The van der Waals surface area contributed by atoms with Gasteiger partial charge in [0.15, 0.2) is 6.10 Å². The predicted molar refractivity (Wildman–Crippen MR) is 131 cm³/mol. The van der Waals surface area contributed by atoms with Crippen LogP contribution >= 0.6 is 0 Å². The summed E-state index contributed by atoms with van der Waals surface area (Å²) >= 11 is 0. The minimum absolute atomic E-state index is 0.582. The van der Waals surface area contributed by atoms with Gasteiger partial charge >= 0.3 is 5.97 Å². The lowest BCUT2D eigenvalue weighted by molar-refractivity contribution is -0.145. The number of carboxylic acids is 1. The minimum Gasteiger partial charge on any atom is -0.479 e. The van der Waals surface area contributed by atoms with Crippen molar-refractivity contribution in [2.75, 3.05) is 0 Å². The molecule has 0 aromatic heterocycles. The van der Waals surface area contributed by atoms with Crippen LogP contribution in [0.1, 0.15) is 122 Å². The third-order valence-electron chi connectivity index (χ3n) is 6.39. The van der Waals surface area contributed by atoms with Crippen LogP contribution in [-0.4, -0.2) is 17.2 Å². The zero-order valence-corrected chi connectivity index (χ0v) is 19.7. The molecule has 0 saturated heterocycles. The van der Waals surface area contributed by atoms with Crippen molar-refractivity contribution in [3.63, 3.8) is 0 Å². The Labute approximate surface area is 190 Å². The van der Waals surface area contributed by atoms with Gasteiger partial charge in [-0.05, 0) is 61.8 Å². The van der Waals surface area contributed by atoms with Crippen LogP contribution < -0.4 is 4.74 Å². The maximum absolute atomic E-state index is 11.6. The van der Waals surface area contributed by atoms with Crippen molar-refractivity contribution in [2.24, 2.45) is 0 Å². The fourth-order valence-corrected chi connectivity index (χ4v) is 4.42. The van der Waals surface area contributed by atoms with Gasteiger partial charge in [-0.1, -0.05) is 95.8 Å². The molecule has 0 aliphatic heterocycles. The average Bonchev–Trinajstić information content (AvgIpc) is 2.74. The number of hydrogen-bond acceptors (Lipinski definition) is 2. The van der Waals surface area contributed by atoms with E-state index in [1.807, 2.05) is 12.1 Å². The molecule has 1 aromatic carbocycles. The van der Waals surface area contributed by atoms with E-state index in [4.69, 9.17) is 4.74 Å². The normalized spacial score (nSPS) is 17.3. The van der Waals surface area contributed by atoms with E-state index in [0.717, 1.165) is 25.7 Å². The highest BCUT2D eigenvalue weighted by Crippen LogP contribution is 2.27. The van der Waals surface area contributed by atoms with Crippen molar-refractivity contribution in [3.8, 4) is 5.75 Å². The van der Waals surface area contributed by atoms with Crippen LogP contribution in [0.15, 0.2) is 30.3 Å². The molecule has 3 nitrogen and oxygen atoms in total. The molecule has 0 heterocycles. The Bertz CT molecular complexity index is 632. The van der Waals surface area contributed by atoms with Gasteiger partial charge in [-0.3, -0.25) is 0 Å². The molecule has 1 unspecified atom stereocenters. The van der Waals surface area contributed by atoms with Crippen molar-refractivity contribution in [3.05, 3.63) is 35.9 Å². The molecule has 0 radical (unpaired) electrons. The lowest BCUT2D eigenvalue weighted by Gasteiger charge is -2.16. The average molecular weight is 429 g/mol. The highest BCUT2D eigenvalue weighted by Gasteiger charge is 2.19. The van der Waals surface area contributed by atoms with E-state index in [-0.39, 0.29) is 0 Å². The van der Waals surface area contributed by atoms with Crippen LogP contribution in [0.5, 0.6) is 5.75 Å². The van der Waals surface area contributed by atoms with Crippen LogP contribution in [0.25, 0.3) is 5.57 Å². The number of carboxylic acid groups (broad SMARTS) is 1. The second-order valence-electron chi connectivity index (χ2n) is 9.12. The zero-order chi connectivity index (χ0) is 22.2. The van der Waals surface area contributed by atoms with Crippen molar-refractivity contribution in [2.45, 2.75) is 122 Å². The van der Waals surface area contributed by atoms with Gasteiger partial charge in [0.2, 0.25) is 0 Å². The van der Waals surface area contributed by atoms with Crippen molar-refractivity contribution >= 4 is 11.5 Å². The summed E-state index contributed by atoms with van der Waals surface area (Å²) in [6.45, 7) is 2.25. The van der Waals surface area contributed by atoms with Gasteiger partial charge in [0.05, 0.1) is 0 Å². The molecule has 0 spiro atoms. The summed E-state index contributed by atoms with van der Waals surface area (Å²) in [6, 6.07) is 8.04. The Morgan fingerprint density at radius 2 is 1.48 bits per heavy atom. The fourth-order valence-electron chi connectivity index (χ4n) is 4.42. The maximum Gasteiger partial charge on any atom is 0.344 e. The number of hydrogen-bond donors (Lipinski definition) is 1. The third kappa shape index (κ3) is 10.9. The number of aliphatic carboxylic acids is 1. The standard InChI is InChI=1S/C28H44O3/c1-2-3-4-5-6-7-8-9-13-16-19-27(28(29)30)31-26-22-20-25(21-23-26)24-17-14-11-10-12-15-18-24/h17,20-23,27H,2-16,18-19H2,1H3,(H,29,30)/b24-17+. The van der Waals surface area contributed by atoms with Gasteiger partial charge in [0, 0.05) is 0 Å². The van der Waals surface area contributed by atoms with Crippen LogP contribution in [0, 0.1) is 0 Å². The van der Waals surface area contributed by atoms with Crippen LogP contribution in [0.4, 0.5) is 0 Å². The molecular weight excluding hydrogens is 384 g/mol. The van der Waals surface area contributed by atoms with E-state index in [1.165, 1.54) is 88.2 Å². The first-order valence-electron chi connectivity index (χ1n) is 12.9. The van der Waals surface area contributed by atoms with Gasteiger partial charge in [-0.2, -0.15) is 0 Å². The molecule has 0 saturated carbocycles. The van der Waals surface area contributed by atoms with E-state index >= 15 is 0 Å². The summed E-state index contributed by atoms with van der Waals surface area (Å²) in [5.41, 5.74) is 2.67. The Hall–Kier alpha value is -1.77. The second-order valence-corrected chi connectivity index (χ2v) is 9.12. The molecular formula is C28H44O3. The largest absolute Gasteiger partial charge is 0.479 e. The van der Waals surface area contributed by atoms with E-state index in [0.29, 0.717) is 12.2 Å². The fraction of sp³-hybridized carbons (Fsp3) is 0.679. The summed E-state index contributed by atoms with van der Waals surface area (Å²) in [5, 5.41) is 9.56. The molecule has 1 aliphatic carbocycles. The summed E-state index contributed by atoms with van der Waals surface area (Å²) in [7, 11) is 0. The molecule has 174 valence electrons. The summed E-state index contributed by atoms with van der Waals surface area (Å²) in [6.07, 6.45) is 22.2.